The van der Waals surface area contributed by atoms with E-state index in [-0.39, 0.29) is 18.5 Å². The fraction of sp³-hybridized carbons (Fsp3) is 0.538. The second-order valence-electron chi connectivity index (χ2n) is 5.13. The van der Waals surface area contributed by atoms with Crippen LogP contribution in [0, 0.1) is 0 Å². The molecule has 0 spiro atoms. The molecule has 1 N–H and O–H groups in total. The number of carbonyl (C=O) groups excluding carboxylic acids is 1. The first-order valence-corrected chi connectivity index (χ1v) is 9.42. The molecule has 8 heteroatoms. The van der Waals surface area contributed by atoms with Gasteiger partial charge in [0.1, 0.15) is 5.69 Å². The number of halogens is 1. The molecule has 0 saturated carbocycles. The minimum Gasteiger partial charge on any atom is -0.333 e. The maximum absolute atomic E-state index is 12.5. The van der Waals surface area contributed by atoms with Gasteiger partial charge >= 0.3 is 0 Å². The summed E-state index contributed by atoms with van der Waals surface area (Å²) in [6.07, 6.45) is 5.43. The van der Waals surface area contributed by atoms with Gasteiger partial charge in [-0.2, -0.15) is 0 Å². The van der Waals surface area contributed by atoms with E-state index in [2.05, 4.69) is 25.6 Å². The Labute approximate surface area is 133 Å². The third-order valence-corrected chi connectivity index (χ3v) is 4.58. The van der Waals surface area contributed by atoms with Gasteiger partial charge in [0.15, 0.2) is 0 Å². The molecule has 1 fully saturated rings. The van der Waals surface area contributed by atoms with Crippen LogP contribution in [0.4, 0.5) is 0 Å². The molecule has 2 rings (SSSR count). The van der Waals surface area contributed by atoms with Gasteiger partial charge in [0.2, 0.25) is 10.0 Å². The molecule has 1 saturated heterocycles. The first-order valence-electron chi connectivity index (χ1n) is 6.74. The lowest BCUT2D eigenvalue weighted by Crippen LogP contribution is -2.49. The first-order chi connectivity index (χ1) is 9.87. The maximum atomic E-state index is 12.5. The molecule has 6 nitrogen and oxygen atoms in total. The summed E-state index contributed by atoms with van der Waals surface area (Å²) < 4.78 is 25.8. The summed E-state index contributed by atoms with van der Waals surface area (Å²) in [4.78, 5) is 18.4. The van der Waals surface area contributed by atoms with Gasteiger partial charge in [-0.3, -0.25) is 4.79 Å². The van der Waals surface area contributed by atoms with Gasteiger partial charge in [0.25, 0.3) is 5.91 Å². The van der Waals surface area contributed by atoms with Crippen LogP contribution in [0.25, 0.3) is 0 Å². The van der Waals surface area contributed by atoms with E-state index < -0.39 is 10.0 Å². The fourth-order valence-electron chi connectivity index (χ4n) is 2.38. The Morgan fingerprint density at radius 2 is 2.24 bits per heavy atom. The monoisotopic (exact) mass is 375 g/mol. The molecule has 0 bridgehead atoms. The normalized spacial score (nSPS) is 19.5. The van der Waals surface area contributed by atoms with E-state index in [1.54, 1.807) is 23.2 Å². The van der Waals surface area contributed by atoms with Crippen molar-refractivity contribution in [2.24, 2.45) is 0 Å². The maximum Gasteiger partial charge on any atom is 0.272 e. The van der Waals surface area contributed by atoms with E-state index in [1.807, 2.05) is 0 Å². The Kier molecular flexibility index (Phi) is 5.34. The van der Waals surface area contributed by atoms with Crippen LogP contribution in [0.1, 0.15) is 29.8 Å². The summed E-state index contributed by atoms with van der Waals surface area (Å²) in [5.41, 5.74) is 0.379. The van der Waals surface area contributed by atoms with E-state index in [4.69, 9.17) is 0 Å². The topological polar surface area (TPSA) is 79.4 Å². The zero-order chi connectivity index (χ0) is 15.5. The summed E-state index contributed by atoms with van der Waals surface area (Å²) >= 11 is 3.29. The second kappa shape index (κ2) is 6.85. The van der Waals surface area contributed by atoms with Crippen LogP contribution >= 0.6 is 15.9 Å². The smallest absolute Gasteiger partial charge is 0.272 e. The first kappa shape index (κ1) is 16.4. The van der Waals surface area contributed by atoms with Crippen LogP contribution in [-0.4, -0.2) is 49.6 Å². The molecule has 2 heterocycles. The third-order valence-electron chi connectivity index (χ3n) is 3.42. The average molecular weight is 376 g/mol. The van der Waals surface area contributed by atoms with Crippen molar-refractivity contribution >= 4 is 31.9 Å². The lowest BCUT2D eigenvalue weighted by molar-refractivity contribution is 0.0612. The number of piperidine rings is 1. The molecule has 21 heavy (non-hydrogen) atoms. The highest BCUT2D eigenvalue weighted by Crippen LogP contribution is 2.19. The molecular formula is C13H18BrN3O3S. The molecule has 1 atom stereocenters. The summed E-state index contributed by atoms with van der Waals surface area (Å²) in [5.74, 6) is -0.150. The van der Waals surface area contributed by atoms with Gasteiger partial charge in [-0.1, -0.05) is 0 Å². The molecule has 1 aromatic rings. The number of nitrogens with one attached hydrogen (secondary N) is 1. The Morgan fingerprint density at radius 1 is 1.48 bits per heavy atom. The molecule has 1 amide bonds. The Hall–Kier alpha value is -0.990. The minimum absolute atomic E-state index is 0.119. The summed E-state index contributed by atoms with van der Waals surface area (Å²) in [5, 5.41) is 0. The average Bonchev–Trinajstić information content (AvgIpc) is 2.45. The minimum atomic E-state index is -3.25. The largest absolute Gasteiger partial charge is 0.333 e. The van der Waals surface area contributed by atoms with Crippen LogP contribution in [0.5, 0.6) is 0 Å². The SMILES string of the molecule is CS(=O)(=O)NCC1CCCCN1C(=O)c1ccc(Br)cn1. The van der Waals surface area contributed by atoms with Crippen molar-refractivity contribution in [2.75, 3.05) is 19.3 Å². The number of nitrogens with zero attached hydrogens (tertiary/aromatic N) is 2. The lowest BCUT2D eigenvalue weighted by atomic mass is 10.0. The quantitative estimate of drug-likeness (QED) is 0.861. The number of hydrogen-bond acceptors (Lipinski definition) is 4. The Morgan fingerprint density at radius 3 is 2.86 bits per heavy atom. The number of carbonyl (C=O) groups is 1. The number of likely N-dealkylation sites (tertiary alicyclic amines) is 1. The van der Waals surface area contributed by atoms with Crippen molar-refractivity contribution in [1.82, 2.24) is 14.6 Å². The highest BCUT2D eigenvalue weighted by atomic mass is 79.9. The van der Waals surface area contributed by atoms with Gasteiger partial charge in [-0.15, -0.1) is 0 Å². The summed E-state index contributed by atoms with van der Waals surface area (Å²) in [6.45, 7) is 0.883. The van der Waals surface area contributed by atoms with Crippen molar-refractivity contribution in [3.05, 3.63) is 28.5 Å². The third kappa shape index (κ3) is 4.76. The van der Waals surface area contributed by atoms with Crippen LogP contribution in [0.2, 0.25) is 0 Å². The number of rotatable bonds is 4. The van der Waals surface area contributed by atoms with Crippen LogP contribution < -0.4 is 4.72 Å². The van der Waals surface area contributed by atoms with Crippen molar-refractivity contribution in [3.8, 4) is 0 Å². The van der Waals surface area contributed by atoms with Crippen LogP contribution in [0.3, 0.4) is 0 Å². The molecular weight excluding hydrogens is 358 g/mol. The number of amides is 1. The number of pyridine rings is 1. The Balaban J connectivity index is 2.10. The second-order valence-corrected chi connectivity index (χ2v) is 7.88. The van der Waals surface area contributed by atoms with E-state index in [1.165, 1.54) is 0 Å². The van der Waals surface area contributed by atoms with E-state index in [9.17, 15) is 13.2 Å². The number of hydrogen-bond donors (Lipinski definition) is 1. The highest BCUT2D eigenvalue weighted by Gasteiger charge is 2.28. The van der Waals surface area contributed by atoms with Gasteiger partial charge in [0, 0.05) is 29.8 Å². The van der Waals surface area contributed by atoms with Gasteiger partial charge in [0.05, 0.1) is 6.26 Å². The van der Waals surface area contributed by atoms with Crippen molar-refractivity contribution in [2.45, 2.75) is 25.3 Å². The molecule has 1 aromatic heterocycles. The molecule has 1 aliphatic rings. The van der Waals surface area contributed by atoms with Gasteiger partial charge in [-0.25, -0.2) is 18.1 Å². The summed E-state index contributed by atoms with van der Waals surface area (Å²) in [7, 11) is -3.25. The standard InChI is InChI=1S/C13H18BrN3O3S/c1-21(19,20)16-9-11-4-2-3-7-17(11)13(18)12-6-5-10(14)8-15-12/h5-6,8,11,16H,2-4,7,9H2,1H3. The van der Waals surface area contributed by atoms with Crippen LogP contribution in [0.15, 0.2) is 22.8 Å². The van der Waals surface area contributed by atoms with Crippen LogP contribution in [-0.2, 0) is 10.0 Å². The van der Waals surface area contributed by atoms with E-state index >= 15 is 0 Å². The number of sulfonamides is 1. The Bertz CT molecular complexity index is 604. The molecule has 0 aromatic carbocycles. The molecule has 0 aliphatic carbocycles. The van der Waals surface area contributed by atoms with E-state index in [0.29, 0.717) is 12.2 Å². The van der Waals surface area contributed by atoms with Crippen molar-refractivity contribution < 1.29 is 13.2 Å². The molecule has 1 unspecified atom stereocenters. The fourth-order valence-corrected chi connectivity index (χ4v) is 3.11. The molecule has 0 radical (unpaired) electrons. The van der Waals surface area contributed by atoms with Crippen molar-refractivity contribution in [1.29, 1.82) is 0 Å². The predicted molar refractivity (Wildman–Crippen MR) is 83.5 cm³/mol. The molecule has 1 aliphatic heterocycles. The van der Waals surface area contributed by atoms with E-state index in [0.717, 1.165) is 30.0 Å². The predicted octanol–water partition coefficient (Wildman–Crippen LogP) is 1.39. The molecule has 116 valence electrons. The zero-order valence-electron chi connectivity index (χ0n) is 11.8. The van der Waals surface area contributed by atoms with Gasteiger partial charge < -0.3 is 4.90 Å². The number of aromatic nitrogens is 1. The zero-order valence-corrected chi connectivity index (χ0v) is 14.2. The lowest BCUT2D eigenvalue weighted by Gasteiger charge is -2.35. The summed E-state index contributed by atoms with van der Waals surface area (Å²) in [6, 6.07) is 3.32. The van der Waals surface area contributed by atoms with Crippen molar-refractivity contribution in [3.63, 3.8) is 0 Å². The highest BCUT2D eigenvalue weighted by molar-refractivity contribution is 9.10. The van der Waals surface area contributed by atoms with Gasteiger partial charge in [-0.05, 0) is 47.3 Å².